The highest BCUT2D eigenvalue weighted by Gasteiger charge is 2.15. The van der Waals surface area contributed by atoms with Crippen molar-refractivity contribution in [3.8, 4) is 0 Å². The number of hydrogen-bond donors (Lipinski definition) is 6. The summed E-state index contributed by atoms with van der Waals surface area (Å²) in [6.07, 6.45) is 0.622. The number of rotatable bonds is 5. The number of anilines is 2. The number of allylic oxidation sites excluding steroid dienone is 2. The fourth-order valence-corrected chi connectivity index (χ4v) is 3.04. The number of nitrogen functional groups attached to an aromatic ring is 1. The average Bonchev–Trinajstić information content (AvgIpc) is 2.45. The summed E-state index contributed by atoms with van der Waals surface area (Å²) >= 11 is 0. The van der Waals surface area contributed by atoms with Gasteiger partial charge in [-0.3, -0.25) is 5.32 Å². The van der Waals surface area contributed by atoms with E-state index in [0.717, 1.165) is 0 Å². The van der Waals surface area contributed by atoms with Gasteiger partial charge in [0.1, 0.15) is 0 Å². The van der Waals surface area contributed by atoms with Crippen molar-refractivity contribution < 1.29 is 19.6 Å². The molecule has 11 heteroatoms. The molecule has 1 amide bonds. The van der Waals surface area contributed by atoms with Gasteiger partial charge in [0.15, 0.2) is 0 Å². The molecule has 0 saturated carbocycles. The molecule has 1 rings (SSSR count). The summed E-state index contributed by atoms with van der Waals surface area (Å²) in [5, 5.41) is 20.5. The Morgan fingerprint density at radius 2 is 2.04 bits per heavy atom. The van der Waals surface area contributed by atoms with Crippen LogP contribution >= 0.6 is 0 Å². The van der Waals surface area contributed by atoms with Gasteiger partial charge < -0.3 is 20.5 Å². The molecule has 1 aromatic carbocycles. The number of methoxy groups -OCH3 is 1. The van der Waals surface area contributed by atoms with E-state index in [0.29, 0.717) is 5.69 Å². The van der Waals surface area contributed by atoms with Gasteiger partial charge in [0, 0.05) is 11.4 Å². The van der Waals surface area contributed by atoms with Gasteiger partial charge in [-0.05, 0) is 43.6 Å². The molecule has 0 aromatic heterocycles. The van der Waals surface area contributed by atoms with Gasteiger partial charge in [-0.1, -0.05) is 0 Å². The first-order valence-electron chi connectivity index (χ1n) is 6.74. The molecule has 24 heavy (non-hydrogen) atoms. The highest BCUT2D eigenvalue weighted by Crippen LogP contribution is 2.27. The van der Waals surface area contributed by atoms with E-state index in [9.17, 15) is 4.79 Å². The largest absolute Gasteiger partial charge is 0.483 e. The first kappa shape index (κ1) is 19.7. The van der Waals surface area contributed by atoms with Crippen molar-refractivity contribution in [3.05, 3.63) is 29.7 Å². The van der Waals surface area contributed by atoms with Crippen LogP contribution in [-0.4, -0.2) is 36.1 Å². The van der Waals surface area contributed by atoms with Crippen molar-refractivity contribution >= 4 is 40.1 Å². The average molecular weight is 353 g/mol. The Kier molecular flexibility index (Phi) is 6.52. The molecule has 9 nitrogen and oxygen atoms in total. The van der Waals surface area contributed by atoms with Crippen molar-refractivity contribution in [2.24, 2.45) is 4.40 Å². The molecule has 7 N–H and O–H groups in total. The first-order chi connectivity index (χ1) is 11.1. The third kappa shape index (κ3) is 5.37. The number of nitrogens with one attached hydrogen (secondary N) is 3. The van der Waals surface area contributed by atoms with Crippen LogP contribution in [-0.2, 0) is 14.5 Å². The Balaban J connectivity index is 3.33. The zero-order chi connectivity index (χ0) is 18.5. The van der Waals surface area contributed by atoms with Gasteiger partial charge in [0.2, 0.25) is 0 Å². The van der Waals surface area contributed by atoms with Crippen LogP contribution < -0.4 is 11.1 Å². The second-order valence-electron chi connectivity index (χ2n) is 4.95. The lowest BCUT2D eigenvalue weighted by Crippen LogP contribution is -2.15. The van der Waals surface area contributed by atoms with Crippen molar-refractivity contribution in [1.29, 1.82) is 9.56 Å². The van der Waals surface area contributed by atoms with Crippen molar-refractivity contribution in [2.75, 3.05) is 18.2 Å². The van der Waals surface area contributed by atoms with E-state index in [1.54, 1.807) is 6.92 Å². The van der Waals surface area contributed by atoms with Gasteiger partial charge in [-0.15, -0.1) is 0 Å². The normalized spacial score (nSPS) is 12.7. The molecule has 0 saturated heterocycles. The summed E-state index contributed by atoms with van der Waals surface area (Å²) in [5.41, 5.74) is 6.71. The molecule has 1 aromatic rings. The van der Waals surface area contributed by atoms with Crippen LogP contribution in [0, 0.1) is 9.56 Å². The molecule has 0 radical (unpaired) electrons. The molecule has 130 valence electrons. The maximum atomic E-state index is 11.4. The molecule has 0 unspecified atom stereocenters. The summed E-state index contributed by atoms with van der Waals surface area (Å²) in [6, 6.07) is 4.37. The van der Waals surface area contributed by atoms with Crippen molar-refractivity contribution in [2.45, 2.75) is 18.7 Å². The SMILES string of the molecule is COC(=O)Nc1cc(N)ccc1S(=N)(=N)N=C(C)/C=C(\C)B(O)O. The van der Waals surface area contributed by atoms with Gasteiger partial charge in [-0.25, -0.2) is 14.4 Å². The number of ether oxygens (including phenoxy) is 1. The molecule has 0 aliphatic carbocycles. The summed E-state index contributed by atoms with van der Waals surface area (Å²) in [6.45, 7) is 3.03. The summed E-state index contributed by atoms with van der Waals surface area (Å²) in [5.74, 6) is 0. The maximum absolute atomic E-state index is 11.4. The number of nitrogens with two attached hydrogens (primary N) is 1. The number of hydrogen-bond acceptors (Lipinski definition) is 7. The smallest absolute Gasteiger partial charge is 0.453 e. The standard InChI is InChI=1S/C13H20BN5O4S/c1-8(14(21)22)6-9(2)19-24(16,17)12-5-4-10(15)7-11(12)18-13(20)23-3/h4-7,16-17,21-22H,15H2,1-3H3,(H,18,20)/b8-6+,19-9?. The van der Waals surface area contributed by atoms with Crippen LogP contribution in [0.2, 0.25) is 0 Å². The van der Waals surface area contributed by atoms with E-state index < -0.39 is 23.0 Å². The van der Waals surface area contributed by atoms with E-state index in [1.807, 2.05) is 0 Å². The molecule has 0 bridgehead atoms. The molecule has 0 spiro atoms. The van der Waals surface area contributed by atoms with Crippen LogP contribution in [0.3, 0.4) is 0 Å². The summed E-state index contributed by atoms with van der Waals surface area (Å²) in [4.78, 5) is 11.6. The maximum Gasteiger partial charge on any atom is 0.483 e. The molecule has 0 aliphatic rings. The molecule has 0 aliphatic heterocycles. The monoisotopic (exact) mass is 353 g/mol. The number of carbonyl (C=O) groups is 1. The minimum Gasteiger partial charge on any atom is -0.453 e. The lowest BCUT2D eigenvalue weighted by molar-refractivity contribution is 0.187. The quantitative estimate of drug-likeness (QED) is 0.269. The molecular weight excluding hydrogens is 333 g/mol. The predicted octanol–water partition coefficient (Wildman–Crippen LogP) is 1.82. The summed E-state index contributed by atoms with van der Waals surface area (Å²) < 4.78 is 25.0. The van der Waals surface area contributed by atoms with E-state index >= 15 is 0 Å². The van der Waals surface area contributed by atoms with Crippen molar-refractivity contribution in [1.82, 2.24) is 0 Å². The minimum absolute atomic E-state index is 0.164. The van der Waals surface area contributed by atoms with Crippen LogP contribution in [0.1, 0.15) is 13.8 Å². The van der Waals surface area contributed by atoms with Gasteiger partial charge in [-0.2, -0.15) is 4.40 Å². The predicted molar refractivity (Wildman–Crippen MR) is 95.0 cm³/mol. The number of amides is 1. The second-order valence-corrected chi connectivity index (χ2v) is 6.73. The van der Waals surface area contributed by atoms with E-state index in [-0.39, 0.29) is 21.8 Å². The van der Waals surface area contributed by atoms with Gasteiger partial charge in [0.25, 0.3) is 0 Å². The molecule has 0 atom stereocenters. The molecule has 0 fully saturated rings. The molecule has 0 heterocycles. The first-order valence-corrected chi connectivity index (χ1v) is 8.33. The highest BCUT2D eigenvalue weighted by atomic mass is 32.2. The fraction of sp³-hybridized carbons (Fsp3) is 0.231. The Bertz CT molecular complexity index is 790. The Morgan fingerprint density at radius 1 is 1.42 bits per heavy atom. The number of carbonyl (C=O) groups excluding carboxylic acids is 1. The Labute approximate surface area is 140 Å². The molecular formula is C13H20BN5O4S. The van der Waals surface area contributed by atoms with E-state index in [2.05, 4.69) is 14.5 Å². The van der Waals surface area contributed by atoms with Crippen LogP contribution in [0.25, 0.3) is 0 Å². The highest BCUT2D eigenvalue weighted by molar-refractivity contribution is 7.92. The Morgan fingerprint density at radius 3 is 2.58 bits per heavy atom. The lowest BCUT2D eigenvalue weighted by Gasteiger charge is -2.14. The number of benzene rings is 1. The zero-order valence-electron chi connectivity index (χ0n) is 13.5. The minimum atomic E-state index is -3.18. The van der Waals surface area contributed by atoms with Crippen LogP contribution in [0.4, 0.5) is 16.2 Å². The third-order valence-electron chi connectivity index (χ3n) is 2.87. The van der Waals surface area contributed by atoms with Gasteiger partial charge >= 0.3 is 13.2 Å². The topological polar surface area (TPSA) is 165 Å². The van der Waals surface area contributed by atoms with Crippen molar-refractivity contribution in [3.63, 3.8) is 0 Å². The van der Waals surface area contributed by atoms with Crippen LogP contribution in [0.15, 0.2) is 39.0 Å². The third-order valence-corrected chi connectivity index (χ3v) is 4.42. The van der Waals surface area contributed by atoms with E-state index in [4.69, 9.17) is 25.3 Å². The Hall–Kier alpha value is -2.37. The van der Waals surface area contributed by atoms with Crippen LogP contribution in [0.5, 0.6) is 0 Å². The van der Waals surface area contributed by atoms with Gasteiger partial charge in [0.05, 0.1) is 27.5 Å². The lowest BCUT2D eigenvalue weighted by atomic mass is 9.80. The summed E-state index contributed by atoms with van der Waals surface area (Å²) in [7, 11) is -3.62. The zero-order valence-corrected chi connectivity index (χ0v) is 14.3. The number of nitrogens with zero attached hydrogens (tertiary/aromatic N) is 1. The van der Waals surface area contributed by atoms with E-state index in [1.165, 1.54) is 38.3 Å². The second kappa shape index (κ2) is 7.95. The fourth-order valence-electron chi connectivity index (χ4n) is 1.76.